The van der Waals surface area contributed by atoms with Crippen molar-refractivity contribution in [3.05, 3.63) is 46.7 Å². The van der Waals surface area contributed by atoms with Crippen LogP contribution in [0.3, 0.4) is 0 Å². The Morgan fingerprint density at radius 2 is 2.09 bits per heavy atom. The van der Waals surface area contributed by atoms with E-state index in [9.17, 15) is 4.79 Å². The maximum absolute atomic E-state index is 12.5. The molecule has 1 unspecified atom stereocenters. The summed E-state index contributed by atoms with van der Waals surface area (Å²) >= 11 is 6.06. The fraction of sp³-hybridized carbons (Fsp3) is 0.412. The molecule has 4 nitrogen and oxygen atoms in total. The normalized spacial score (nSPS) is 12.5. The molecule has 2 aromatic rings. The number of carbonyl (C=O) groups excluding carboxylic acids is 1. The SMILES string of the molecule is CCC(C)NC(=O)c1cnn(-c2cccc(Cl)c2)c1C(C)C. The number of hydrogen-bond donors (Lipinski definition) is 1. The van der Waals surface area contributed by atoms with Gasteiger partial charge in [0.15, 0.2) is 0 Å². The Hall–Kier alpha value is -1.81. The highest BCUT2D eigenvalue weighted by Crippen LogP contribution is 2.24. The maximum Gasteiger partial charge on any atom is 0.254 e. The number of nitrogens with one attached hydrogen (secondary N) is 1. The maximum atomic E-state index is 12.5. The highest BCUT2D eigenvalue weighted by molar-refractivity contribution is 6.30. The van der Waals surface area contributed by atoms with E-state index in [0.717, 1.165) is 17.8 Å². The Morgan fingerprint density at radius 3 is 2.68 bits per heavy atom. The van der Waals surface area contributed by atoms with Crippen molar-refractivity contribution in [3.8, 4) is 5.69 Å². The first-order valence-electron chi connectivity index (χ1n) is 7.58. The lowest BCUT2D eigenvalue weighted by Crippen LogP contribution is -2.32. The van der Waals surface area contributed by atoms with Crippen LogP contribution in [0.1, 0.15) is 56.1 Å². The van der Waals surface area contributed by atoms with Crippen LogP contribution in [0.25, 0.3) is 5.69 Å². The van der Waals surface area contributed by atoms with Crippen LogP contribution in [0.4, 0.5) is 0 Å². The molecule has 1 aromatic heterocycles. The zero-order valence-corrected chi connectivity index (χ0v) is 14.2. The zero-order chi connectivity index (χ0) is 16.3. The largest absolute Gasteiger partial charge is 0.349 e. The van der Waals surface area contributed by atoms with Crippen LogP contribution < -0.4 is 5.32 Å². The van der Waals surface area contributed by atoms with E-state index in [1.807, 2.05) is 38.1 Å². The van der Waals surface area contributed by atoms with E-state index in [2.05, 4.69) is 24.3 Å². The van der Waals surface area contributed by atoms with Gasteiger partial charge in [-0.1, -0.05) is 38.4 Å². The molecule has 0 saturated carbocycles. The summed E-state index contributed by atoms with van der Waals surface area (Å²) in [5.74, 6) is 0.0884. The molecule has 1 aromatic carbocycles. The Morgan fingerprint density at radius 1 is 1.36 bits per heavy atom. The van der Waals surface area contributed by atoms with E-state index >= 15 is 0 Å². The second-order valence-corrected chi connectivity index (χ2v) is 6.21. The van der Waals surface area contributed by atoms with Crippen LogP contribution in [0, 0.1) is 0 Å². The van der Waals surface area contributed by atoms with Gasteiger partial charge in [-0.05, 0) is 37.5 Å². The van der Waals surface area contributed by atoms with Crippen molar-refractivity contribution < 1.29 is 4.79 Å². The Bertz CT molecular complexity index is 664. The molecule has 2 rings (SSSR count). The van der Waals surface area contributed by atoms with Crippen molar-refractivity contribution in [1.29, 1.82) is 0 Å². The van der Waals surface area contributed by atoms with E-state index in [4.69, 9.17) is 11.6 Å². The molecule has 0 spiro atoms. The minimum Gasteiger partial charge on any atom is -0.349 e. The number of hydrogen-bond acceptors (Lipinski definition) is 2. The first-order chi connectivity index (χ1) is 10.4. The van der Waals surface area contributed by atoms with Gasteiger partial charge in [-0.15, -0.1) is 0 Å². The average molecular weight is 320 g/mol. The van der Waals surface area contributed by atoms with Crippen LogP contribution in [-0.2, 0) is 0 Å². The third kappa shape index (κ3) is 3.50. The van der Waals surface area contributed by atoms with Crippen molar-refractivity contribution in [1.82, 2.24) is 15.1 Å². The third-order valence-corrected chi connectivity index (χ3v) is 3.88. The summed E-state index contributed by atoms with van der Waals surface area (Å²) in [5.41, 5.74) is 2.37. The molecule has 1 atom stereocenters. The minimum absolute atomic E-state index is 0.0775. The van der Waals surface area contributed by atoms with Crippen molar-refractivity contribution >= 4 is 17.5 Å². The molecular weight excluding hydrogens is 298 g/mol. The molecule has 1 N–H and O–H groups in total. The molecule has 1 amide bonds. The monoisotopic (exact) mass is 319 g/mol. The van der Waals surface area contributed by atoms with Gasteiger partial charge in [0.1, 0.15) is 0 Å². The van der Waals surface area contributed by atoms with Crippen LogP contribution >= 0.6 is 11.6 Å². The summed E-state index contributed by atoms with van der Waals surface area (Å²) in [5, 5.41) is 8.05. The fourth-order valence-corrected chi connectivity index (χ4v) is 2.49. The summed E-state index contributed by atoms with van der Waals surface area (Å²) < 4.78 is 1.79. The van der Waals surface area contributed by atoms with Gasteiger partial charge in [-0.2, -0.15) is 5.10 Å². The topological polar surface area (TPSA) is 46.9 Å². The van der Waals surface area contributed by atoms with E-state index in [1.165, 1.54) is 0 Å². The van der Waals surface area contributed by atoms with Gasteiger partial charge in [-0.3, -0.25) is 4.79 Å². The highest BCUT2D eigenvalue weighted by Gasteiger charge is 2.21. The number of halogens is 1. The first kappa shape index (κ1) is 16.6. The zero-order valence-electron chi connectivity index (χ0n) is 13.4. The second kappa shape index (κ2) is 6.97. The molecule has 1 heterocycles. The smallest absolute Gasteiger partial charge is 0.254 e. The lowest BCUT2D eigenvalue weighted by molar-refractivity contribution is 0.0938. The Balaban J connectivity index is 2.44. The number of rotatable bonds is 5. The van der Waals surface area contributed by atoms with Gasteiger partial charge in [0, 0.05) is 11.1 Å². The van der Waals surface area contributed by atoms with Crippen LogP contribution in [-0.4, -0.2) is 21.7 Å². The van der Waals surface area contributed by atoms with Gasteiger partial charge in [0.05, 0.1) is 23.1 Å². The van der Waals surface area contributed by atoms with Crippen molar-refractivity contribution in [2.75, 3.05) is 0 Å². The molecular formula is C17H22ClN3O. The van der Waals surface area contributed by atoms with Crippen LogP contribution in [0.5, 0.6) is 0 Å². The minimum atomic E-state index is -0.0775. The molecule has 118 valence electrons. The molecule has 0 fully saturated rings. The van der Waals surface area contributed by atoms with Gasteiger partial charge in [-0.25, -0.2) is 4.68 Å². The predicted molar refractivity (Wildman–Crippen MR) is 89.9 cm³/mol. The number of benzene rings is 1. The van der Waals surface area contributed by atoms with Crippen molar-refractivity contribution in [2.24, 2.45) is 0 Å². The average Bonchev–Trinajstić information content (AvgIpc) is 2.92. The quantitative estimate of drug-likeness (QED) is 0.898. The van der Waals surface area contributed by atoms with Crippen molar-refractivity contribution in [2.45, 2.75) is 46.1 Å². The molecule has 0 saturated heterocycles. The third-order valence-electron chi connectivity index (χ3n) is 3.64. The van der Waals surface area contributed by atoms with E-state index < -0.39 is 0 Å². The first-order valence-corrected chi connectivity index (χ1v) is 7.96. The number of nitrogens with zero attached hydrogens (tertiary/aromatic N) is 2. The molecule has 0 radical (unpaired) electrons. The summed E-state index contributed by atoms with van der Waals surface area (Å²) in [6, 6.07) is 7.61. The summed E-state index contributed by atoms with van der Waals surface area (Å²) in [4.78, 5) is 12.5. The van der Waals surface area contributed by atoms with Gasteiger partial charge in [0.2, 0.25) is 0 Å². The highest BCUT2D eigenvalue weighted by atomic mass is 35.5. The number of carbonyl (C=O) groups is 1. The van der Waals surface area contributed by atoms with E-state index in [0.29, 0.717) is 10.6 Å². The fourth-order valence-electron chi connectivity index (χ4n) is 2.31. The second-order valence-electron chi connectivity index (χ2n) is 5.77. The van der Waals surface area contributed by atoms with Gasteiger partial charge in [0.25, 0.3) is 5.91 Å². The lowest BCUT2D eigenvalue weighted by atomic mass is 10.0. The van der Waals surface area contributed by atoms with Crippen LogP contribution in [0.15, 0.2) is 30.5 Å². The Labute approximate surface area is 136 Å². The summed E-state index contributed by atoms with van der Waals surface area (Å²) in [6.07, 6.45) is 2.53. The molecule has 0 aliphatic rings. The summed E-state index contributed by atoms with van der Waals surface area (Å²) in [7, 11) is 0. The number of amides is 1. The standard InChI is InChI=1S/C17H22ClN3O/c1-5-12(4)20-17(22)15-10-19-21(16(15)11(2)3)14-8-6-7-13(18)9-14/h6-12H,5H2,1-4H3,(H,20,22). The molecule has 0 bridgehead atoms. The molecule has 5 heteroatoms. The van der Waals surface area contributed by atoms with E-state index in [-0.39, 0.29) is 17.9 Å². The van der Waals surface area contributed by atoms with Gasteiger partial charge >= 0.3 is 0 Å². The predicted octanol–water partition coefficient (Wildman–Crippen LogP) is 4.18. The molecule has 22 heavy (non-hydrogen) atoms. The molecule has 0 aliphatic heterocycles. The van der Waals surface area contributed by atoms with Gasteiger partial charge < -0.3 is 5.32 Å². The molecule has 0 aliphatic carbocycles. The van der Waals surface area contributed by atoms with Crippen molar-refractivity contribution in [3.63, 3.8) is 0 Å². The van der Waals surface area contributed by atoms with Crippen LogP contribution in [0.2, 0.25) is 5.02 Å². The summed E-state index contributed by atoms with van der Waals surface area (Å²) in [6.45, 7) is 8.15. The lowest BCUT2D eigenvalue weighted by Gasteiger charge is -2.15. The van der Waals surface area contributed by atoms with E-state index in [1.54, 1.807) is 10.9 Å². The number of aromatic nitrogens is 2. The Kier molecular flexibility index (Phi) is 5.24.